The summed E-state index contributed by atoms with van der Waals surface area (Å²) in [4.78, 5) is 7.58. The first kappa shape index (κ1) is 12.7. The second kappa shape index (κ2) is 5.24. The van der Waals surface area contributed by atoms with Crippen LogP contribution in [0.25, 0.3) is 11.3 Å². The highest BCUT2D eigenvalue weighted by Gasteiger charge is 2.13. The second-order valence-electron chi connectivity index (χ2n) is 3.45. The molecule has 0 atom stereocenters. The molecule has 1 heterocycles. The van der Waals surface area contributed by atoms with Crippen molar-refractivity contribution in [2.24, 2.45) is 5.84 Å². The molecule has 0 bridgehead atoms. The van der Waals surface area contributed by atoms with Crippen molar-refractivity contribution >= 4 is 17.5 Å². The molecule has 0 unspecified atom stereocenters. The Morgan fingerprint density at radius 2 is 1.83 bits per heavy atom. The van der Waals surface area contributed by atoms with Gasteiger partial charge in [-0.05, 0) is 18.2 Å². The number of anilines is 1. The van der Waals surface area contributed by atoms with Gasteiger partial charge in [0.2, 0.25) is 5.95 Å². The van der Waals surface area contributed by atoms with Gasteiger partial charge in [-0.2, -0.15) is 0 Å². The van der Waals surface area contributed by atoms with Crippen LogP contribution in [0.4, 0.5) is 14.7 Å². The first-order valence-corrected chi connectivity index (χ1v) is 5.37. The molecule has 1 aromatic carbocycles. The first-order valence-electron chi connectivity index (χ1n) is 5.00. The van der Waals surface area contributed by atoms with E-state index >= 15 is 0 Å². The third kappa shape index (κ3) is 2.72. The van der Waals surface area contributed by atoms with E-state index in [2.05, 4.69) is 15.4 Å². The van der Waals surface area contributed by atoms with Gasteiger partial charge in [-0.15, -0.1) is 0 Å². The van der Waals surface area contributed by atoms with E-state index in [1.807, 2.05) is 0 Å². The van der Waals surface area contributed by atoms with Gasteiger partial charge in [-0.3, -0.25) is 5.43 Å². The number of halogens is 3. The molecule has 1 aromatic heterocycles. The fourth-order valence-electron chi connectivity index (χ4n) is 1.41. The molecule has 4 nitrogen and oxygen atoms in total. The average Bonchev–Trinajstić information content (AvgIpc) is 2.39. The Balaban J connectivity index is 2.49. The van der Waals surface area contributed by atoms with Gasteiger partial charge in [0, 0.05) is 10.6 Å². The van der Waals surface area contributed by atoms with E-state index < -0.39 is 6.43 Å². The normalized spacial score (nSPS) is 10.7. The monoisotopic (exact) mass is 270 g/mol. The molecule has 0 fully saturated rings. The van der Waals surface area contributed by atoms with Crippen LogP contribution in [0.2, 0.25) is 5.02 Å². The van der Waals surface area contributed by atoms with Crippen LogP contribution in [0.15, 0.2) is 30.3 Å². The summed E-state index contributed by atoms with van der Waals surface area (Å²) in [5.74, 6) is 5.09. The zero-order valence-electron chi connectivity index (χ0n) is 9.07. The molecule has 0 aliphatic carbocycles. The smallest absolute Gasteiger partial charge is 0.280 e. The van der Waals surface area contributed by atoms with Crippen molar-refractivity contribution in [3.05, 3.63) is 41.0 Å². The molecule has 0 saturated heterocycles. The van der Waals surface area contributed by atoms with Crippen LogP contribution in [0, 0.1) is 0 Å². The predicted molar refractivity (Wildman–Crippen MR) is 65.2 cm³/mol. The maximum absolute atomic E-state index is 12.7. The zero-order valence-corrected chi connectivity index (χ0v) is 9.83. The van der Waals surface area contributed by atoms with Crippen molar-refractivity contribution in [3.63, 3.8) is 0 Å². The first-order chi connectivity index (χ1) is 8.60. The summed E-state index contributed by atoms with van der Waals surface area (Å²) in [6.07, 6.45) is -2.69. The number of rotatable bonds is 3. The standard InChI is InChI=1S/C11H9ClF2N4/c12-7-3-1-6(2-4-7)8-5-9(10(13)14)17-11(16-8)18-15/h1-5,10H,15H2,(H,16,17,18). The van der Waals surface area contributed by atoms with E-state index in [0.29, 0.717) is 16.3 Å². The summed E-state index contributed by atoms with van der Waals surface area (Å²) in [5.41, 5.74) is 2.78. The summed E-state index contributed by atoms with van der Waals surface area (Å²) < 4.78 is 25.3. The van der Waals surface area contributed by atoms with Crippen molar-refractivity contribution in [1.82, 2.24) is 9.97 Å². The van der Waals surface area contributed by atoms with Crippen LogP contribution < -0.4 is 11.3 Å². The number of nitrogens with two attached hydrogens (primary N) is 1. The van der Waals surface area contributed by atoms with Gasteiger partial charge in [0.05, 0.1) is 5.69 Å². The molecular formula is C11H9ClF2N4. The Hall–Kier alpha value is -1.79. The van der Waals surface area contributed by atoms with E-state index in [4.69, 9.17) is 17.4 Å². The lowest BCUT2D eigenvalue weighted by atomic mass is 10.1. The Labute approximate surface area is 107 Å². The van der Waals surface area contributed by atoms with Crippen molar-refractivity contribution in [3.8, 4) is 11.3 Å². The van der Waals surface area contributed by atoms with Crippen molar-refractivity contribution in [2.75, 3.05) is 5.43 Å². The minimum atomic E-state index is -2.69. The summed E-state index contributed by atoms with van der Waals surface area (Å²) in [6.45, 7) is 0. The van der Waals surface area contributed by atoms with Gasteiger partial charge in [-0.25, -0.2) is 24.6 Å². The molecule has 0 aliphatic rings. The molecule has 3 N–H and O–H groups in total. The summed E-state index contributed by atoms with van der Waals surface area (Å²) in [7, 11) is 0. The van der Waals surface area contributed by atoms with E-state index in [9.17, 15) is 8.78 Å². The van der Waals surface area contributed by atoms with Crippen molar-refractivity contribution < 1.29 is 8.78 Å². The lowest BCUT2D eigenvalue weighted by Gasteiger charge is -2.07. The lowest BCUT2D eigenvalue weighted by Crippen LogP contribution is -2.12. The van der Waals surface area contributed by atoms with Gasteiger partial charge < -0.3 is 0 Å². The number of benzene rings is 1. The molecule has 0 amide bonds. The molecule has 0 radical (unpaired) electrons. The highest BCUT2D eigenvalue weighted by molar-refractivity contribution is 6.30. The van der Waals surface area contributed by atoms with E-state index in [1.54, 1.807) is 24.3 Å². The minimum absolute atomic E-state index is 0.0576. The third-order valence-electron chi connectivity index (χ3n) is 2.24. The molecule has 2 aromatic rings. The Kier molecular flexibility index (Phi) is 3.69. The fraction of sp³-hybridized carbons (Fsp3) is 0.0909. The topological polar surface area (TPSA) is 63.8 Å². The van der Waals surface area contributed by atoms with Crippen LogP contribution in [-0.2, 0) is 0 Å². The number of alkyl halides is 2. The van der Waals surface area contributed by atoms with Crippen LogP contribution in [0.3, 0.4) is 0 Å². The molecule has 7 heteroatoms. The maximum Gasteiger partial charge on any atom is 0.280 e. The number of nitrogens with zero attached hydrogens (tertiary/aromatic N) is 2. The quantitative estimate of drug-likeness (QED) is 0.665. The van der Waals surface area contributed by atoms with Crippen molar-refractivity contribution in [2.45, 2.75) is 6.43 Å². The van der Waals surface area contributed by atoms with Crippen molar-refractivity contribution in [1.29, 1.82) is 0 Å². The number of nitrogen functional groups attached to an aromatic ring is 1. The fourth-order valence-corrected chi connectivity index (χ4v) is 1.54. The molecule has 2 rings (SSSR count). The average molecular weight is 271 g/mol. The number of hydrogen-bond donors (Lipinski definition) is 2. The highest BCUT2D eigenvalue weighted by atomic mass is 35.5. The highest BCUT2D eigenvalue weighted by Crippen LogP contribution is 2.25. The second-order valence-corrected chi connectivity index (χ2v) is 3.89. The van der Waals surface area contributed by atoms with Gasteiger partial charge in [0.15, 0.2) is 0 Å². The molecule has 18 heavy (non-hydrogen) atoms. The number of hydrazine groups is 1. The van der Waals surface area contributed by atoms with Crippen LogP contribution in [0.5, 0.6) is 0 Å². The summed E-state index contributed by atoms with van der Waals surface area (Å²) in [5, 5.41) is 0.555. The molecule has 0 saturated carbocycles. The Bertz CT molecular complexity index is 545. The van der Waals surface area contributed by atoms with Crippen LogP contribution in [-0.4, -0.2) is 9.97 Å². The summed E-state index contributed by atoms with van der Waals surface area (Å²) >= 11 is 5.75. The SMILES string of the molecule is NNc1nc(-c2ccc(Cl)cc2)cc(C(F)F)n1. The van der Waals surface area contributed by atoms with Gasteiger partial charge in [0.25, 0.3) is 6.43 Å². The Morgan fingerprint density at radius 3 is 2.39 bits per heavy atom. The van der Waals surface area contributed by atoms with Gasteiger partial charge in [0.1, 0.15) is 5.69 Å². The van der Waals surface area contributed by atoms with Crippen LogP contribution in [0.1, 0.15) is 12.1 Å². The minimum Gasteiger partial charge on any atom is -0.292 e. The third-order valence-corrected chi connectivity index (χ3v) is 2.49. The predicted octanol–water partition coefficient (Wildman–Crippen LogP) is 3.02. The molecular weight excluding hydrogens is 262 g/mol. The molecule has 94 valence electrons. The largest absolute Gasteiger partial charge is 0.292 e. The maximum atomic E-state index is 12.7. The summed E-state index contributed by atoms with van der Waals surface area (Å²) in [6, 6.07) is 7.88. The van der Waals surface area contributed by atoms with Crippen LogP contribution >= 0.6 is 11.6 Å². The number of aromatic nitrogens is 2. The molecule has 0 aliphatic heterocycles. The van der Waals surface area contributed by atoms with E-state index in [0.717, 1.165) is 0 Å². The van der Waals surface area contributed by atoms with Gasteiger partial charge in [-0.1, -0.05) is 23.7 Å². The zero-order chi connectivity index (χ0) is 13.1. The Morgan fingerprint density at radius 1 is 1.17 bits per heavy atom. The molecule has 0 spiro atoms. The lowest BCUT2D eigenvalue weighted by molar-refractivity contribution is 0.146. The number of hydrogen-bond acceptors (Lipinski definition) is 4. The van der Waals surface area contributed by atoms with E-state index in [-0.39, 0.29) is 11.6 Å². The van der Waals surface area contributed by atoms with E-state index in [1.165, 1.54) is 6.07 Å². The van der Waals surface area contributed by atoms with Gasteiger partial charge >= 0.3 is 0 Å². The number of nitrogens with one attached hydrogen (secondary N) is 1.